The van der Waals surface area contributed by atoms with Crippen molar-refractivity contribution in [1.82, 2.24) is 28.9 Å². The van der Waals surface area contributed by atoms with Crippen molar-refractivity contribution < 1.29 is 28.2 Å². The SMILES string of the molecule is CC(C)(C)OC(=O)N1CCC(n2c(=O)[nH]c3cc(Br)sc3c2=O)CC1.COc1cc(F)ccc1-c1cc2[nH]c(=O)n(C3CCN(C(=O)OC(C)(C)C)CC3)c(=O)c2s1. The molecule has 312 valence electrons. The Morgan fingerprint density at radius 3 is 1.62 bits per heavy atom. The first-order valence-corrected chi connectivity index (χ1v) is 21.2. The van der Waals surface area contributed by atoms with Crippen molar-refractivity contribution >= 4 is 71.2 Å². The first-order chi connectivity index (χ1) is 27.2. The van der Waals surface area contributed by atoms with Gasteiger partial charge in [0.2, 0.25) is 0 Å². The summed E-state index contributed by atoms with van der Waals surface area (Å²) >= 11 is 5.87. The summed E-state index contributed by atoms with van der Waals surface area (Å²) in [5, 5.41) is 0. The van der Waals surface area contributed by atoms with Gasteiger partial charge >= 0.3 is 23.6 Å². The van der Waals surface area contributed by atoms with Crippen LogP contribution >= 0.6 is 38.6 Å². The molecule has 2 saturated heterocycles. The molecule has 2 aliphatic rings. The molecule has 1 aromatic carbocycles. The van der Waals surface area contributed by atoms with Crippen LogP contribution in [0.3, 0.4) is 0 Å². The van der Waals surface area contributed by atoms with E-state index in [1.807, 2.05) is 41.5 Å². The molecule has 2 fully saturated rings. The number of carbonyl (C=O) groups is 2. The fourth-order valence-corrected chi connectivity index (χ4v) is 9.51. The molecule has 5 aromatic rings. The van der Waals surface area contributed by atoms with Gasteiger partial charge in [0.25, 0.3) is 11.1 Å². The van der Waals surface area contributed by atoms with Gasteiger partial charge in [-0.05, 0) is 107 Å². The van der Waals surface area contributed by atoms with Crippen LogP contribution in [-0.4, -0.2) is 85.6 Å². The van der Waals surface area contributed by atoms with Gasteiger partial charge in [-0.3, -0.25) is 18.7 Å². The number of amides is 2. The number of hydrogen-bond donors (Lipinski definition) is 2. The number of hydrogen-bond acceptors (Lipinski definition) is 11. The number of carbonyl (C=O) groups excluding carboxylic acids is 2. The standard InChI is InChI=1S/C23H26FN3O5S.C16H20BrN3O4S/c1-23(2,3)32-22(30)26-9-7-14(8-10-26)27-20(28)19-16(25-21(27)29)12-18(33-19)15-6-5-13(24)11-17(15)31-4;1-16(2,3)24-15(23)19-6-4-9(5-7-19)20-13(21)12-10(18-14(20)22)8-11(17)25-12/h5-6,11-12,14H,7-10H2,1-4H3,(H,25,29);8-9H,4-7H2,1-3H3,(H,18,22). The molecule has 0 spiro atoms. The second-order valence-electron chi connectivity index (χ2n) is 16.1. The van der Waals surface area contributed by atoms with E-state index in [0.29, 0.717) is 88.5 Å². The molecule has 2 N–H and O–H groups in total. The van der Waals surface area contributed by atoms with Gasteiger partial charge in [0.15, 0.2) is 0 Å². The number of aromatic nitrogens is 4. The highest BCUT2D eigenvalue weighted by Crippen LogP contribution is 2.37. The van der Waals surface area contributed by atoms with Gasteiger partial charge in [-0.2, -0.15) is 0 Å². The molecule has 6 heterocycles. The number of fused-ring (bicyclic) bond motifs is 2. The number of thiophene rings is 2. The predicted octanol–water partition coefficient (Wildman–Crippen LogP) is 7.22. The normalized spacial score (nSPS) is 15.7. The van der Waals surface area contributed by atoms with Gasteiger partial charge in [0.05, 0.1) is 21.9 Å². The highest BCUT2D eigenvalue weighted by Gasteiger charge is 2.31. The largest absolute Gasteiger partial charge is 0.496 e. The predicted molar refractivity (Wildman–Crippen MR) is 225 cm³/mol. The molecule has 0 atom stereocenters. The molecular weight excluding hydrogens is 859 g/mol. The van der Waals surface area contributed by atoms with Crippen LogP contribution in [-0.2, 0) is 9.47 Å². The maximum Gasteiger partial charge on any atom is 0.410 e. The number of halogens is 2. The van der Waals surface area contributed by atoms with Crippen molar-refractivity contribution in [2.75, 3.05) is 33.3 Å². The van der Waals surface area contributed by atoms with E-state index in [1.54, 1.807) is 28.0 Å². The van der Waals surface area contributed by atoms with E-state index in [-0.39, 0.29) is 29.3 Å². The molecule has 0 saturated carbocycles. The zero-order chi connectivity index (χ0) is 42.3. The minimum Gasteiger partial charge on any atom is -0.496 e. The Bertz CT molecular complexity index is 2580. The molecule has 58 heavy (non-hydrogen) atoms. The number of H-pyrrole nitrogens is 2. The third kappa shape index (κ3) is 9.58. The van der Waals surface area contributed by atoms with Crippen LogP contribution in [0.1, 0.15) is 79.3 Å². The second kappa shape index (κ2) is 16.8. The molecule has 0 bridgehead atoms. The van der Waals surface area contributed by atoms with Crippen LogP contribution < -0.4 is 27.2 Å². The lowest BCUT2D eigenvalue weighted by atomic mass is 10.1. The molecule has 0 radical (unpaired) electrons. The smallest absolute Gasteiger partial charge is 0.410 e. The fourth-order valence-electron chi connectivity index (χ4n) is 6.94. The number of rotatable bonds is 4. The van der Waals surface area contributed by atoms with E-state index in [0.717, 1.165) is 3.79 Å². The average molecular weight is 906 g/mol. The van der Waals surface area contributed by atoms with Crippen LogP contribution in [0.15, 0.2) is 53.3 Å². The van der Waals surface area contributed by atoms with Crippen molar-refractivity contribution in [2.24, 2.45) is 0 Å². The molecule has 0 unspecified atom stereocenters. The van der Waals surface area contributed by atoms with Gasteiger partial charge in [-0.25, -0.2) is 23.6 Å². The summed E-state index contributed by atoms with van der Waals surface area (Å²) < 4.78 is 33.9. The third-order valence-corrected chi connectivity index (χ3v) is 12.4. The summed E-state index contributed by atoms with van der Waals surface area (Å²) in [4.78, 5) is 85.0. The van der Waals surface area contributed by atoms with Crippen molar-refractivity contribution in [3.63, 3.8) is 0 Å². The monoisotopic (exact) mass is 904 g/mol. The lowest BCUT2D eigenvalue weighted by Crippen LogP contribution is -2.46. The van der Waals surface area contributed by atoms with Crippen LogP contribution in [0.25, 0.3) is 30.9 Å². The van der Waals surface area contributed by atoms with Crippen molar-refractivity contribution in [2.45, 2.75) is 90.5 Å². The number of methoxy groups -OCH3 is 1. The number of likely N-dealkylation sites (tertiary alicyclic amines) is 2. The maximum absolute atomic E-state index is 13.6. The molecule has 7 rings (SSSR count). The molecule has 19 heteroatoms. The first kappa shape index (κ1) is 42.8. The summed E-state index contributed by atoms with van der Waals surface area (Å²) in [5.41, 5.74) is -1.05. The van der Waals surface area contributed by atoms with E-state index in [1.165, 1.54) is 51.1 Å². The van der Waals surface area contributed by atoms with Crippen molar-refractivity contribution in [1.29, 1.82) is 0 Å². The van der Waals surface area contributed by atoms with Gasteiger partial charge in [0.1, 0.15) is 32.2 Å². The van der Waals surface area contributed by atoms with E-state index in [9.17, 15) is 33.2 Å². The first-order valence-electron chi connectivity index (χ1n) is 18.7. The number of aromatic amines is 2. The second-order valence-corrected chi connectivity index (χ2v) is 19.6. The number of benzene rings is 1. The number of piperidine rings is 2. The lowest BCUT2D eigenvalue weighted by Gasteiger charge is -2.33. The maximum atomic E-state index is 13.6. The van der Waals surface area contributed by atoms with E-state index in [4.69, 9.17) is 14.2 Å². The summed E-state index contributed by atoms with van der Waals surface area (Å²) in [6, 6.07) is 7.07. The quantitative estimate of drug-likeness (QED) is 0.188. The van der Waals surface area contributed by atoms with Crippen LogP contribution in [0.2, 0.25) is 0 Å². The number of nitrogens with one attached hydrogen (secondary N) is 2. The Kier molecular flexibility index (Phi) is 12.4. The highest BCUT2D eigenvalue weighted by molar-refractivity contribution is 9.11. The summed E-state index contributed by atoms with van der Waals surface area (Å²) in [7, 11) is 1.45. The Morgan fingerprint density at radius 1 is 0.724 bits per heavy atom. The molecule has 2 amide bonds. The van der Waals surface area contributed by atoms with E-state index in [2.05, 4.69) is 25.9 Å². The van der Waals surface area contributed by atoms with Crippen molar-refractivity contribution in [3.05, 3.63) is 81.6 Å². The van der Waals surface area contributed by atoms with Gasteiger partial charge < -0.3 is 34.0 Å². The fraction of sp³-hybridized carbons (Fsp3) is 0.487. The topological polar surface area (TPSA) is 178 Å². The molecule has 2 aliphatic heterocycles. The van der Waals surface area contributed by atoms with Crippen LogP contribution in [0.4, 0.5) is 14.0 Å². The van der Waals surface area contributed by atoms with E-state index >= 15 is 0 Å². The number of nitrogens with zero attached hydrogens (tertiary/aromatic N) is 4. The lowest BCUT2D eigenvalue weighted by molar-refractivity contribution is 0.0176. The Labute approximate surface area is 348 Å². The zero-order valence-corrected chi connectivity index (χ0v) is 36.5. The number of ether oxygens (including phenoxy) is 3. The Balaban J connectivity index is 0.000000203. The van der Waals surface area contributed by atoms with Crippen LogP contribution in [0, 0.1) is 5.82 Å². The van der Waals surface area contributed by atoms with Gasteiger partial charge in [-0.1, -0.05) is 0 Å². The minimum absolute atomic E-state index is 0.222. The van der Waals surface area contributed by atoms with Crippen molar-refractivity contribution in [3.8, 4) is 16.2 Å². The van der Waals surface area contributed by atoms with Crippen LogP contribution in [0.5, 0.6) is 5.75 Å². The van der Waals surface area contributed by atoms with E-state index < -0.39 is 34.5 Å². The minimum atomic E-state index is -0.586. The third-order valence-electron chi connectivity index (χ3n) is 9.57. The Morgan fingerprint density at radius 2 is 1.17 bits per heavy atom. The average Bonchev–Trinajstić information content (AvgIpc) is 3.74. The highest BCUT2D eigenvalue weighted by atomic mass is 79.9. The summed E-state index contributed by atoms with van der Waals surface area (Å²) in [6.45, 7) is 12.6. The Hall–Kier alpha value is -4.75. The van der Waals surface area contributed by atoms with Gasteiger partial charge in [-0.15, -0.1) is 22.7 Å². The summed E-state index contributed by atoms with van der Waals surface area (Å²) in [6.07, 6.45) is 1.27. The zero-order valence-electron chi connectivity index (χ0n) is 33.2. The summed E-state index contributed by atoms with van der Waals surface area (Å²) in [5.74, 6) is -0.0797. The molecule has 15 nitrogen and oxygen atoms in total. The molecule has 0 aliphatic carbocycles. The molecule has 4 aromatic heterocycles. The van der Waals surface area contributed by atoms with Gasteiger partial charge in [0, 0.05) is 54.8 Å². The molecular formula is C39H46BrFN6O9S2.